The fourth-order valence-electron chi connectivity index (χ4n) is 1.55. The fraction of sp³-hybridized carbons (Fsp3) is 0.0833. The summed E-state index contributed by atoms with van der Waals surface area (Å²) in [4.78, 5) is 27.7. The Balaban J connectivity index is 2.19. The lowest BCUT2D eigenvalue weighted by Crippen LogP contribution is -2.10. The molecule has 0 aliphatic carbocycles. The molecule has 21 heavy (non-hydrogen) atoms. The quantitative estimate of drug-likeness (QED) is 0.439. The summed E-state index contributed by atoms with van der Waals surface area (Å²) in [6.45, 7) is 1.65. The minimum absolute atomic E-state index is 0.126. The normalized spacial score (nSPS) is 10.7. The van der Waals surface area contributed by atoms with Crippen molar-refractivity contribution in [2.45, 2.75) is 6.92 Å². The van der Waals surface area contributed by atoms with E-state index < -0.39 is 4.92 Å². The van der Waals surface area contributed by atoms with E-state index in [0.29, 0.717) is 5.69 Å². The van der Waals surface area contributed by atoms with Crippen LogP contribution in [-0.2, 0) is 0 Å². The number of hydrogen-bond donors (Lipinski definition) is 3. The van der Waals surface area contributed by atoms with Crippen LogP contribution in [0.15, 0.2) is 34.2 Å². The van der Waals surface area contributed by atoms with Crippen molar-refractivity contribution >= 4 is 17.9 Å². The van der Waals surface area contributed by atoms with E-state index in [0.717, 1.165) is 0 Å². The number of aryl methyl sites for hydroxylation is 1. The summed E-state index contributed by atoms with van der Waals surface area (Å²) in [7, 11) is 0. The van der Waals surface area contributed by atoms with Gasteiger partial charge in [0.15, 0.2) is 0 Å². The van der Waals surface area contributed by atoms with Crippen LogP contribution < -0.4 is 11.0 Å². The Morgan fingerprint density at radius 2 is 2.24 bits per heavy atom. The maximum absolute atomic E-state index is 11.2. The van der Waals surface area contributed by atoms with Crippen LogP contribution >= 0.6 is 0 Å². The maximum atomic E-state index is 11.2. The second kappa shape index (κ2) is 5.82. The highest BCUT2D eigenvalue weighted by atomic mass is 16.6. The molecule has 2 rings (SSSR count). The van der Waals surface area contributed by atoms with Gasteiger partial charge in [0, 0.05) is 29.5 Å². The van der Waals surface area contributed by atoms with E-state index in [1.54, 1.807) is 6.92 Å². The first-order valence-corrected chi connectivity index (χ1v) is 5.80. The first-order chi connectivity index (χ1) is 9.95. The smallest absolute Gasteiger partial charge is 0.270 e. The summed E-state index contributed by atoms with van der Waals surface area (Å²) in [5.41, 5.74) is 2.64. The summed E-state index contributed by atoms with van der Waals surface area (Å²) in [5.74, 6) is -0.0296. The number of non-ortho nitro benzene ring substituents is 1. The minimum Gasteiger partial charge on any atom is -0.507 e. The second-order valence-electron chi connectivity index (χ2n) is 4.11. The molecular formula is C12H11N5O4. The molecule has 1 heterocycles. The van der Waals surface area contributed by atoms with Crippen LogP contribution in [0.2, 0.25) is 0 Å². The number of aromatic hydroxyl groups is 1. The van der Waals surface area contributed by atoms with E-state index in [2.05, 4.69) is 20.5 Å². The van der Waals surface area contributed by atoms with Crippen molar-refractivity contribution in [3.05, 3.63) is 56.0 Å². The van der Waals surface area contributed by atoms with E-state index in [1.807, 2.05) is 0 Å². The third kappa shape index (κ3) is 3.62. The van der Waals surface area contributed by atoms with Crippen LogP contribution in [0.25, 0.3) is 0 Å². The number of nitro groups is 1. The van der Waals surface area contributed by atoms with Gasteiger partial charge >= 0.3 is 0 Å². The average Bonchev–Trinajstić information content (AvgIpc) is 2.39. The third-order valence-electron chi connectivity index (χ3n) is 2.47. The van der Waals surface area contributed by atoms with Gasteiger partial charge in [-0.15, -0.1) is 0 Å². The Morgan fingerprint density at radius 1 is 1.48 bits per heavy atom. The van der Waals surface area contributed by atoms with Gasteiger partial charge in [0.2, 0.25) is 5.95 Å². The third-order valence-corrected chi connectivity index (χ3v) is 2.47. The van der Waals surface area contributed by atoms with E-state index in [9.17, 15) is 20.0 Å². The molecule has 9 nitrogen and oxygen atoms in total. The van der Waals surface area contributed by atoms with Gasteiger partial charge in [-0.05, 0) is 13.0 Å². The molecule has 9 heteroatoms. The number of phenolic OH excluding ortho intramolecular Hbond substituents is 1. The first kappa shape index (κ1) is 14.2. The van der Waals surface area contributed by atoms with Crippen molar-refractivity contribution < 1.29 is 10.0 Å². The fourth-order valence-corrected chi connectivity index (χ4v) is 1.55. The van der Waals surface area contributed by atoms with Gasteiger partial charge < -0.3 is 5.11 Å². The van der Waals surface area contributed by atoms with Gasteiger partial charge in [-0.3, -0.25) is 19.9 Å². The number of aromatic amines is 1. The predicted molar refractivity (Wildman–Crippen MR) is 75.6 cm³/mol. The van der Waals surface area contributed by atoms with Crippen LogP contribution in [0.4, 0.5) is 11.6 Å². The highest BCUT2D eigenvalue weighted by Crippen LogP contribution is 2.21. The number of benzene rings is 1. The summed E-state index contributed by atoms with van der Waals surface area (Å²) >= 11 is 0. The molecule has 0 bridgehead atoms. The van der Waals surface area contributed by atoms with Crippen molar-refractivity contribution in [3.63, 3.8) is 0 Å². The SMILES string of the molecule is Cc1cc(=O)[nH]c(NN=Cc2cc([N+](=O)[O-])ccc2O)n1. The molecule has 108 valence electrons. The lowest BCUT2D eigenvalue weighted by Gasteiger charge is -2.01. The second-order valence-corrected chi connectivity index (χ2v) is 4.11. The van der Waals surface area contributed by atoms with Gasteiger partial charge in [0.1, 0.15) is 5.75 Å². The number of nitrogens with one attached hydrogen (secondary N) is 2. The molecule has 1 aromatic heterocycles. The van der Waals surface area contributed by atoms with Crippen molar-refractivity contribution in [2.75, 3.05) is 5.43 Å². The maximum Gasteiger partial charge on any atom is 0.270 e. The molecule has 0 aliphatic rings. The molecule has 0 saturated carbocycles. The van der Waals surface area contributed by atoms with Gasteiger partial charge in [-0.25, -0.2) is 10.4 Å². The molecule has 0 radical (unpaired) electrons. The molecule has 0 saturated heterocycles. The zero-order chi connectivity index (χ0) is 15.4. The predicted octanol–water partition coefficient (Wildman–Crippen LogP) is 1.14. The topological polar surface area (TPSA) is 134 Å². The molecule has 0 atom stereocenters. The Morgan fingerprint density at radius 3 is 2.90 bits per heavy atom. The highest BCUT2D eigenvalue weighted by Gasteiger charge is 2.08. The molecule has 0 amide bonds. The largest absolute Gasteiger partial charge is 0.507 e. The standard InChI is InChI=1S/C12H11N5O4/c1-7-4-11(19)15-12(14-7)16-13-6-8-5-9(17(20)21)2-3-10(8)18/h2-6,18H,1H3,(H2,14,15,16,19). The highest BCUT2D eigenvalue weighted by molar-refractivity contribution is 5.84. The number of anilines is 1. The Bertz CT molecular complexity index is 768. The summed E-state index contributed by atoms with van der Waals surface area (Å²) in [5, 5.41) is 24.0. The summed E-state index contributed by atoms with van der Waals surface area (Å²) in [6.07, 6.45) is 1.19. The van der Waals surface area contributed by atoms with E-state index in [4.69, 9.17) is 0 Å². The monoisotopic (exact) mass is 289 g/mol. The van der Waals surface area contributed by atoms with Crippen LogP contribution in [-0.4, -0.2) is 26.2 Å². The number of hydrazone groups is 1. The number of nitro benzene ring substituents is 1. The number of rotatable bonds is 4. The van der Waals surface area contributed by atoms with Gasteiger partial charge in [-0.2, -0.15) is 5.10 Å². The van der Waals surface area contributed by atoms with Crippen molar-refractivity contribution in [1.82, 2.24) is 9.97 Å². The Hall–Kier alpha value is -3.23. The molecule has 3 N–H and O–H groups in total. The van der Waals surface area contributed by atoms with Crippen LogP contribution in [0, 0.1) is 17.0 Å². The number of hydrogen-bond acceptors (Lipinski definition) is 7. The number of nitrogens with zero attached hydrogens (tertiary/aromatic N) is 3. The van der Waals surface area contributed by atoms with Gasteiger partial charge in [-0.1, -0.05) is 0 Å². The zero-order valence-corrected chi connectivity index (χ0v) is 10.9. The van der Waals surface area contributed by atoms with E-state index in [1.165, 1.54) is 30.5 Å². The lowest BCUT2D eigenvalue weighted by atomic mass is 10.2. The Kier molecular flexibility index (Phi) is 3.93. The number of phenols is 1. The Labute approximate surface area is 118 Å². The summed E-state index contributed by atoms with van der Waals surface area (Å²) < 4.78 is 0. The van der Waals surface area contributed by atoms with Crippen molar-refractivity contribution in [3.8, 4) is 5.75 Å². The van der Waals surface area contributed by atoms with Crippen molar-refractivity contribution in [2.24, 2.45) is 5.10 Å². The minimum atomic E-state index is -0.580. The van der Waals surface area contributed by atoms with Crippen molar-refractivity contribution in [1.29, 1.82) is 0 Å². The molecule has 0 unspecified atom stereocenters. The van der Waals surface area contributed by atoms with Crippen LogP contribution in [0.1, 0.15) is 11.3 Å². The van der Waals surface area contributed by atoms with Crippen LogP contribution in [0.3, 0.4) is 0 Å². The molecule has 0 fully saturated rings. The molecule has 0 spiro atoms. The number of aromatic nitrogens is 2. The summed E-state index contributed by atoms with van der Waals surface area (Å²) in [6, 6.07) is 4.88. The van der Waals surface area contributed by atoms with Gasteiger partial charge in [0.05, 0.1) is 11.1 Å². The molecule has 1 aromatic carbocycles. The molecule has 0 aliphatic heterocycles. The molecular weight excluding hydrogens is 278 g/mol. The van der Waals surface area contributed by atoms with E-state index >= 15 is 0 Å². The first-order valence-electron chi connectivity index (χ1n) is 5.80. The van der Waals surface area contributed by atoms with E-state index in [-0.39, 0.29) is 28.5 Å². The van der Waals surface area contributed by atoms with Gasteiger partial charge in [0.25, 0.3) is 11.2 Å². The zero-order valence-electron chi connectivity index (χ0n) is 10.9. The van der Waals surface area contributed by atoms with Crippen LogP contribution in [0.5, 0.6) is 5.75 Å². The average molecular weight is 289 g/mol. The number of H-pyrrole nitrogens is 1. The lowest BCUT2D eigenvalue weighted by molar-refractivity contribution is -0.384. The molecule has 2 aromatic rings.